The number of aliphatic imine (C=N–C) groups is 1. The molecule has 1 amide bonds. The lowest BCUT2D eigenvalue weighted by Gasteiger charge is -2.31. The van der Waals surface area contributed by atoms with Gasteiger partial charge >= 0.3 is 0 Å². The Labute approximate surface area is 154 Å². The Morgan fingerprint density at radius 1 is 1.27 bits per heavy atom. The molecule has 0 spiro atoms. The minimum Gasteiger partial charge on any atom is -0.318 e. The number of amides is 1. The van der Waals surface area contributed by atoms with Crippen molar-refractivity contribution in [3.63, 3.8) is 0 Å². The number of carbonyl (C=O) groups excluding carboxylic acids is 1. The maximum Gasteiger partial charge on any atom is 0.280 e. The molecular formula is C20H25N5O. The van der Waals surface area contributed by atoms with Gasteiger partial charge in [0.1, 0.15) is 5.82 Å². The average Bonchev–Trinajstić information content (AvgIpc) is 3.23. The average molecular weight is 351 g/mol. The number of benzene rings is 1. The van der Waals surface area contributed by atoms with Crippen LogP contribution in [-0.2, 0) is 6.54 Å². The van der Waals surface area contributed by atoms with Crippen LogP contribution in [0.4, 0.5) is 5.82 Å². The second-order valence-corrected chi connectivity index (χ2v) is 7.26. The fraction of sp³-hybridized carbons (Fsp3) is 0.450. The van der Waals surface area contributed by atoms with Gasteiger partial charge in [0.15, 0.2) is 11.5 Å². The number of carbonyl (C=O) groups is 1. The van der Waals surface area contributed by atoms with E-state index in [2.05, 4.69) is 30.9 Å². The highest BCUT2D eigenvalue weighted by molar-refractivity contribution is 6.17. The first kappa shape index (κ1) is 16.8. The normalized spacial score (nSPS) is 20.1. The van der Waals surface area contributed by atoms with E-state index in [9.17, 15) is 4.79 Å². The van der Waals surface area contributed by atoms with Crippen LogP contribution >= 0.6 is 0 Å². The summed E-state index contributed by atoms with van der Waals surface area (Å²) in [5.74, 6) is 2.79. The highest BCUT2D eigenvalue weighted by atomic mass is 16.2. The van der Waals surface area contributed by atoms with E-state index < -0.39 is 0 Å². The van der Waals surface area contributed by atoms with Gasteiger partial charge in [-0.1, -0.05) is 50.6 Å². The summed E-state index contributed by atoms with van der Waals surface area (Å²) < 4.78 is 2.02. The lowest BCUT2D eigenvalue weighted by molar-refractivity contribution is 0.0855. The van der Waals surface area contributed by atoms with Gasteiger partial charge < -0.3 is 4.57 Å². The van der Waals surface area contributed by atoms with Gasteiger partial charge in [0.2, 0.25) is 5.96 Å². The van der Waals surface area contributed by atoms with E-state index in [1.165, 1.54) is 0 Å². The standard InChI is InChI=1S/C20H25N5O/c1-5-13(2)16-12-25-18-17(19(26)23(4)20(25)22-16)24(14(3)21-18)11-15-9-7-6-8-10-15/h6-10,13,16H,5,11-12H2,1-4H3/t13?,16-/m0/s1. The number of hydrogen-bond donors (Lipinski definition) is 0. The molecule has 136 valence electrons. The van der Waals surface area contributed by atoms with Crippen LogP contribution in [0.2, 0.25) is 0 Å². The molecule has 0 saturated carbocycles. The predicted octanol–water partition coefficient (Wildman–Crippen LogP) is 2.92. The second kappa shape index (κ2) is 6.27. The number of nitrogens with zero attached hydrogens (tertiary/aromatic N) is 5. The molecule has 0 aliphatic carbocycles. The summed E-state index contributed by atoms with van der Waals surface area (Å²) in [6.07, 6.45) is 1.07. The molecule has 1 aromatic heterocycles. The first-order valence-electron chi connectivity index (χ1n) is 9.25. The Morgan fingerprint density at radius 3 is 2.69 bits per heavy atom. The Bertz CT molecular complexity index is 870. The number of aromatic nitrogens is 2. The zero-order chi connectivity index (χ0) is 18.4. The van der Waals surface area contributed by atoms with Gasteiger partial charge in [-0.25, -0.2) is 9.98 Å². The molecule has 0 N–H and O–H groups in total. The maximum atomic E-state index is 13.1. The van der Waals surface area contributed by atoms with Crippen LogP contribution in [0.5, 0.6) is 0 Å². The number of anilines is 1. The summed E-state index contributed by atoms with van der Waals surface area (Å²) >= 11 is 0. The Kier molecular flexibility index (Phi) is 4.05. The molecule has 2 aromatic rings. The second-order valence-electron chi connectivity index (χ2n) is 7.26. The van der Waals surface area contributed by atoms with E-state index in [0.29, 0.717) is 18.2 Å². The molecule has 1 aromatic carbocycles. The predicted molar refractivity (Wildman–Crippen MR) is 103 cm³/mol. The van der Waals surface area contributed by atoms with Gasteiger partial charge in [-0.05, 0) is 18.4 Å². The summed E-state index contributed by atoms with van der Waals surface area (Å²) in [7, 11) is 1.81. The van der Waals surface area contributed by atoms with Gasteiger partial charge in [-0.15, -0.1) is 0 Å². The molecule has 0 fully saturated rings. The topological polar surface area (TPSA) is 53.7 Å². The Balaban J connectivity index is 1.75. The van der Waals surface area contributed by atoms with Crippen LogP contribution in [0.15, 0.2) is 35.3 Å². The van der Waals surface area contributed by atoms with Crippen molar-refractivity contribution in [2.75, 3.05) is 18.5 Å². The highest BCUT2D eigenvalue weighted by Crippen LogP contribution is 2.33. The van der Waals surface area contributed by atoms with Crippen molar-refractivity contribution in [2.24, 2.45) is 10.9 Å². The van der Waals surface area contributed by atoms with Crippen molar-refractivity contribution < 1.29 is 4.79 Å². The van der Waals surface area contributed by atoms with Crippen molar-refractivity contribution in [2.45, 2.75) is 39.8 Å². The van der Waals surface area contributed by atoms with Gasteiger partial charge in [-0.2, -0.15) is 0 Å². The zero-order valence-corrected chi connectivity index (χ0v) is 15.8. The molecular weight excluding hydrogens is 326 g/mol. The van der Waals surface area contributed by atoms with Crippen molar-refractivity contribution in [3.8, 4) is 0 Å². The molecule has 26 heavy (non-hydrogen) atoms. The summed E-state index contributed by atoms with van der Waals surface area (Å²) in [5, 5.41) is 0. The van der Waals surface area contributed by atoms with E-state index in [-0.39, 0.29) is 11.9 Å². The molecule has 0 saturated heterocycles. The fourth-order valence-corrected chi connectivity index (χ4v) is 3.71. The molecule has 0 bridgehead atoms. The number of aryl methyl sites for hydroxylation is 1. The van der Waals surface area contributed by atoms with Crippen molar-refractivity contribution >= 4 is 17.7 Å². The number of fused-ring (bicyclic) bond motifs is 3. The van der Waals surface area contributed by atoms with E-state index in [1.54, 1.807) is 4.90 Å². The zero-order valence-electron chi connectivity index (χ0n) is 15.8. The maximum absolute atomic E-state index is 13.1. The summed E-state index contributed by atoms with van der Waals surface area (Å²) in [6, 6.07) is 10.4. The van der Waals surface area contributed by atoms with E-state index >= 15 is 0 Å². The largest absolute Gasteiger partial charge is 0.318 e. The minimum absolute atomic E-state index is 0.0312. The third-order valence-corrected chi connectivity index (χ3v) is 5.58. The molecule has 2 aliphatic heterocycles. The summed E-state index contributed by atoms with van der Waals surface area (Å²) in [5.41, 5.74) is 1.82. The van der Waals surface area contributed by atoms with Crippen molar-refractivity contribution in [1.29, 1.82) is 0 Å². The number of imidazole rings is 1. The lowest BCUT2D eigenvalue weighted by Crippen LogP contribution is -2.49. The summed E-state index contributed by atoms with van der Waals surface area (Å²) in [4.78, 5) is 26.5. The van der Waals surface area contributed by atoms with Crippen LogP contribution in [0.1, 0.15) is 42.1 Å². The van der Waals surface area contributed by atoms with Gasteiger partial charge in [0.25, 0.3) is 5.91 Å². The summed E-state index contributed by atoms with van der Waals surface area (Å²) in [6.45, 7) is 7.80. The van der Waals surface area contributed by atoms with Crippen LogP contribution in [0.25, 0.3) is 0 Å². The fourth-order valence-electron chi connectivity index (χ4n) is 3.71. The van der Waals surface area contributed by atoms with Crippen molar-refractivity contribution in [1.82, 2.24) is 14.5 Å². The van der Waals surface area contributed by atoms with Crippen LogP contribution < -0.4 is 4.90 Å². The van der Waals surface area contributed by atoms with Crippen molar-refractivity contribution in [3.05, 3.63) is 47.4 Å². The molecule has 1 unspecified atom stereocenters. The first-order chi connectivity index (χ1) is 12.5. The third kappa shape index (κ3) is 2.52. The van der Waals surface area contributed by atoms with Crippen LogP contribution in [-0.4, -0.2) is 46.0 Å². The van der Waals surface area contributed by atoms with E-state index in [4.69, 9.17) is 9.98 Å². The van der Waals surface area contributed by atoms with Gasteiger partial charge in [0.05, 0.1) is 12.6 Å². The smallest absolute Gasteiger partial charge is 0.280 e. The molecule has 6 nitrogen and oxygen atoms in total. The van der Waals surface area contributed by atoms with Crippen LogP contribution in [0.3, 0.4) is 0 Å². The van der Waals surface area contributed by atoms with E-state index in [0.717, 1.165) is 36.1 Å². The number of guanidine groups is 1. The molecule has 2 atom stereocenters. The molecule has 2 aliphatic rings. The third-order valence-electron chi connectivity index (χ3n) is 5.58. The molecule has 3 heterocycles. The molecule has 4 rings (SSSR count). The molecule has 6 heteroatoms. The van der Waals surface area contributed by atoms with Gasteiger partial charge in [-0.3, -0.25) is 14.6 Å². The quantitative estimate of drug-likeness (QED) is 0.851. The minimum atomic E-state index is -0.0312. The highest BCUT2D eigenvalue weighted by Gasteiger charge is 2.42. The van der Waals surface area contributed by atoms with Gasteiger partial charge in [0, 0.05) is 13.6 Å². The Hall–Kier alpha value is -2.63. The number of rotatable bonds is 4. The Morgan fingerprint density at radius 2 is 2.00 bits per heavy atom. The van der Waals surface area contributed by atoms with E-state index in [1.807, 2.05) is 36.7 Å². The lowest BCUT2D eigenvalue weighted by atomic mass is 10.0. The monoisotopic (exact) mass is 351 g/mol. The van der Waals surface area contributed by atoms with Crippen LogP contribution in [0, 0.1) is 12.8 Å². The first-order valence-corrected chi connectivity index (χ1v) is 9.25. The SMILES string of the molecule is CCC(C)[C@@H]1CN2C(=N1)N(C)C(=O)c1c2nc(C)n1Cc1ccccc1. The molecule has 0 radical (unpaired) electrons. The number of hydrogen-bond acceptors (Lipinski definition) is 4.